The molecule has 7 nitrogen and oxygen atoms in total. The number of benzene rings is 2. The summed E-state index contributed by atoms with van der Waals surface area (Å²) in [6.45, 7) is 3.94. The first-order chi connectivity index (χ1) is 14.0. The smallest absolute Gasteiger partial charge is 0.236 e. The van der Waals surface area contributed by atoms with E-state index in [0.29, 0.717) is 10.3 Å². The third kappa shape index (κ3) is 4.10. The molecule has 0 aliphatic rings. The number of aromatic nitrogens is 4. The third-order valence-electron chi connectivity index (χ3n) is 4.33. The van der Waals surface area contributed by atoms with E-state index >= 15 is 0 Å². The molecule has 0 aliphatic carbocycles. The molecule has 29 heavy (non-hydrogen) atoms. The Labute approximate surface area is 176 Å². The molecule has 0 unspecified atom stereocenters. The van der Waals surface area contributed by atoms with Crippen molar-refractivity contribution in [3.63, 3.8) is 0 Å². The molecule has 0 atom stereocenters. The number of fused-ring (bicyclic) bond motifs is 1. The first-order valence-corrected chi connectivity index (χ1v) is 10.7. The molecule has 2 aromatic heterocycles. The van der Waals surface area contributed by atoms with Crippen molar-refractivity contribution in [3.05, 3.63) is 53.9 Å². The number of carbonyl (C=O) groups is 1. The SMILES string of the molecule is COc1ccc2nc(NC(=O)CSc3nnc(C)n3-c3ccccc3C)sc2c1. The van der Waals surface area contributed by atoms with Gasteiger partial charge in [-0.15, -0.1) is 10.2 Å². The zero-order valence-electron chi connectivity index (χ0n) is 16.2. The number of amides is 1. The first kappa shape index (κ1) is 19.4. The molecule has 0 saturated heterocycles. The van der Waals surface area contributed by atoms with Crippen LogP contribution < -0.4 is 10.1 Å². The number of thioether (sulfide) groups is 1. The molecule has 0 radical (unpaired) electrons. The molecule has 0 aliphatic heterocycles. The minimum Gasteiger partial charge on any atom is -0.497 e. The molecular weight excluding hydrogens is 406 g/mol. The zero-order chi connectivity index (χ0) is 20.4. The molecule has 2 aromatic carbocycles. The average molecular weight is 426 g/mol. The standard InChI is InChI=1S/C20H19N5O2S2/c1-12-6-4-5-7-16(12)25-13(2)23-24-20(25)28-11-18(26)22-19-21-15-9-8-14(27-3)10-17(15)29-19/h4-10H,11H2,1-3H3,(H,21,22,26). The topological polar surface area (TPSA) is 81.9 Å². The van der Waals surface area contributed by atoms with E-state index in [4.69, 9.17) is 4.74 Å². The lowest BCUT2D eigenvalue weighted by Crippen LogP contribution is -2.14. The molecule has 2 heterocycles. The quantitative estimate of drug-likeness (QED) is 0.466. The number of methoxy groups -OCH3 is 1. The molecule has 0 fully saturated rings. The van der Waals surface area contributed by atoms with Gasteiger partial charge in [0.25, 0.3) is 0 Å². The van der Waals surface area contributed by atoms with Gasteiger partial charge in [0.15, 0.2) is 10.3 Å². The second-order valence-electron chi connectivity index (χ2n) is 6.34. The summed E-state index contributed by atoms with van der Waals surface area (Å²) in [5.41, 5.74) is 2.96. The van der Waals surface area contributed by atoms with E-state index in [-0.39, 0.29) is 11.7 Å². The van der Waals surface area contributed by atoms with Crippen LogP contribution in [0.4, 0.5) is 5.13 Å². The summed E-state index contributed by atoms with van der Waals surface area (Å²) in [6.07, 6.45) is 0. The van der Waals surface area contributed by atoms with Crippen molar-refractivity contribution in [2.24, 2.45) is 0 Å². The number of anilines is 1. The Hall–Kier alpha value is -2.91. The van der Waals surface area contributed by atoms with Crippen molar-refractivity contribution in [2.75, 3.05) is 18.2 Å². The van der Waals surface area contributed by atoms with Gasteiger partial charge in [-0.1, -0.05) is 41.3 Å². The fraction of sp³-hybridized carbons (Fsp3) is 0.200. The maximum atomic E-state index is 12.5. The van der Waals surface area contributed by atoms with Crippen LogP contribution in [0.25, 0.3) is 15.9 Å². The van der Waals surface area contributed by atoms with Gasteiger partial charge >= 0.3 is 0 Å². The van der Waals surface area contributed by atoms with Crippen LogP contribution in [0.2, 0.25) is 0 Å². The van der Waals surface area contributed by atoms with Gasteiger partial charge in [0.1, 0.15) is 11.6 Å². The molecule has 0 spiro atoms. The van der Waals surface area contributed by atoms with Gasteiger partial charge in [-0.2, -0.15) is 0 Å². The second-order valence-corrected chi connectivity index (χ2v) is 8.31. The summed E-state index contributed by atoms with van der Waals surface area (Å²) in [4.78, 5) is 16.9. The van der Waals surface area contributed by atoms with Crippen molar-refractivity contribution in [2.45, 2.75) is 19.0 Å². The van der Waals surface area contributed by atoms with Crippen LogP contribution in [0.15, 0.2) is 47.6 Å². The molecule has 4 rings (SSSR count). The van der Waals surface area contributed by atoms with Crippen LogP contribution >= 0.6 is 23.1 Å². The summed E-state index contributed by atoms with van der Waals surface area (Å²) < 4.78 is 8.16. The maximum Gasteiger partial charge on any atom is 0.236 e. The Morgan fingerprint density at radius 1 is 1.21 bits per heavy atom. The van der Waals surface area contributed by atoms with Crippen LogP contribution in [0.3, 0.4) is 0 Å². The third-order valence-corrected chi connectivity index (χ3v) is 6.19. The minimum atomic E-state index is -0.141. The number of carbonyl (C=O) groups excluding carboxylic acids is 1. The average Bonchev–Trinajstić information content (AvgIpc) is 3.28. The van der Waals surface area contributed by atoms with Gasteiger partial charge in [0.2, 0.25) is 5.91 Å². The van der Waals surface area contributed by atoms with Gasteiger partial charge in [-0.25, -0.2) is 4.98 Å². The normalized spacial score (nSPS) is 11.0. The summed E-state index contributed by atoms with van der Waals surface area (Å²) in [5.74, 6) is 1.62. The fourth-order valence-corrected chi connectivity index (χ4v) is 4.60. The zero-order valence-corrected chi connectivity index (χ0v) is 17.8. The highest BCUT2D eigenvalue weighted by atomic mass is 32.2. The van der Waals surface area contributed by atoms with Crippen LogP contribution in [-0.2, 0) is 4.79 Å². The Kier molecular flexibility index (Phi) is 5.50. The van der Waals surface area contributed by atoms with Crippen LogP contribution in [0.1, 0.15) is 11.4 Å². The van der Waals surface area contributed by atoms with Crippen LogP contribution in [0.5, 0.6) is 5.75 Å². The molecule has 9 heteroatoms. The van der Waals surface area contributed by atoms with Crippen molar-refractivity contribution in [1.29, 1.82) is 0 Å². The highest BCUT2D eigenvalue weighted by molar-refractivity contribution is 7.99. The molecule has 4 aromatic rings. The Morgan fingerprint density at radius 3 is 2.83 bits per heavy atom. The number of rotatable bonds is 6. The van der Waals surface area contributed by atoms with E-state index in [1.54, 1.807) is 7.11 Å². The van der Waals surface area contributed by atoms with Crippen LogP contribution in [-0.4, -0.2) is 38.5 Å². The number of nitrogens with one attached hydrogen (secondary N) is 1. The lowest BCUT2D eigenvalue weighted by atomic mass is 10.2. The Bertz CT molecular complexity index is 1180. The van der Waals surface area contributed by atoms with E-state index < -0.39 is 0 Å². The second kappa shape index (κ2) is 8.22. The van der Waals surface area contributed by atoms with Gasteiger partial charge < -0.3 is 10.1 Å². The number of nitrogens with zero attached hydrogens (tertiary/aromatic N) is 4. The van der Waals surface area contributed by atoms with Gasteiger partial charge in [-0.3, -0.25) is 9.36 Å². The highest BCUT2D eigenvalue weighted by Gasteiger charge is 2.15. The van der Waals surface area contributed by atoms with E-state index in [0.717, 1.165) is 33.0 Å². The molecule has 0 bridgehead atoms. The van der Waals surface area contributed by atoms with Gasteiger partial charge in [0, 0.05) is 0 Å². The van der Waals surface area contributed by atoms with Crippen molar-refractivity contribution in [3.8, 4) is 11.4 Å². The van der Waals surface area contributed by atoms with E-state index in [2.05, 4.69) is 20.5 Å². The number of hydrogen-bond acceptors (Lipinski definition) is 7. The summed E-state index contributed by atoms with van der Waals surface area (Å²) in [7, 11) is 1.62. The molecule has 148 valence electrons. The number of para-hydroxylation sites is 1. The summed E-state index contributed by atoms with van der Waals surface area (Å²) in [6, 6.07) is 13.7. The monoisotopic (exact) mass is 425 g/mol. The molecule has 1 amide bonds. The van der Waals surface area contributed by atoms with Crippen molar-refractivity contribution >= 4 is 44.4 Å². The van der Waals surface area contributed by atoms with Crippen molar-refractivity contribution in [1.82, 2.24) is 19.7 Å². The van der Waals surface area contributed by atoms with E-state index in [1.807, 2.05) is 60.9 Å². The summed E-state index contributed by atoms with van der Waals surface area (Å²) in [5, 5.41) is 12.5. The lowest BCUT2D eigenvalue weighted by molar-refractivity contribution is -0.113. The Morgan fingerprint density at radius 2 is 2.03 bits per heavy atom. The van der Waals surface area contributed by atoms with Gasteiger partial charge in [-0.05, 0) is 43.7 Å². The molecule has 0 saturated carbocycles. The largest absolute Gasteiger partial charge is 0.497 e. The number of hydrogen-bond donors (Lipinski definition) is 1. The predicted octanol–water partition coefficient (Wildman–Crippen LogP) is 4.23. The number of ether oxygens (including phenoxy) is 1. The van der Waals surface area contributed by atoms with Crippen molar-refractivity contribution < 1.29 is 9.53 Å². The molecular formula is C20H19N5O2S2. The number of thiazole rings is 1. The van der Waals surface area contributed by atoms with Gasteiger partial charge in [0.05, 0.1) is 28.8 Å². The maximum absolute atomic E-state index is 12.5. The van der Waals surface area contributed by atoms with Crippen LogP contribution in [0, 0.1) is 13.8 Å². The highest BCUT2D eigenvalue weighted by Crippen LogP contribution is 2.29. The fourth-order valence-electron chi connectivity index (χ4n) is 2.90. The van der Waals surface area contributed by atoms with E-state index in [9.17, 15) is 4.79 Å². The Balaban J connectivity index is 1.46. The summed E-state index contributed by atoms with van der Waals surface area (Å²) >= 11 is 2.76. The lowest BCUT2D eigenvalue weighted by Gasteiger charge is -2.10. The van der Waals surface area contributed by atoms with E-state index in [1.165, 1.54) is 23.1 Å². The predicted molar refractivity (Wildman–Crippen MR) is 116 cm³/mol. The number of aryl methyl sites for hydroxylation is 2. The molecule has 1 N–H and O–H groups in total. The first-order valence-electron chi connectivity index (χ1n) is 8.90. The minimum absolute atomic E-state index is 0.141.